The van der Waals surface area contributed by atoms with Gasteiger partial charge in [-0.2, -0.15) is 0 Å². The number of ketones is 1. The van der Waals surface area contributed by atoms with Crippen molar-refractivity contribution in [2.24, 2.45) is 39.4 Å². The Balaban J connectivity index is 1.46. The molecule has 6 fully saturated rings. The third-order valence-corrected chi connectivity index (χ3v) is 13.6. The van der Waals surface area contributed by atoms with E-state index in [0.29, 0.717) is 6.42 Å². The van der Waals surface area contributed by atoms with Gasteiger partial charge in [0.05, 0.1) is 48.1 Å². The second-order valence-corrected chi connectivity index (χ2v) is 16.1. The molecular formula is C36H46O14. The van der Waals surface area contributed by atoms with Gasteiger partial charge in [-0.1, -0.05) is 27.7 Å². The summed E-state index contributed by atoms with van der Waals surface area (Å²) in [5.41, 5.74) is -6.22. The lowest BCUT2D eigenvalue weighted by atomic mass is 9.33. The van der Waals surface area contributed by atoms with Crippen molar-refractivity contribution < 1.29 is 67.0 Å². The number of hydrogen-bond acceptors (Lipinski definition) is 14. The van der Waals surface area contributed by atoms with Crippen LogP contribution in [0.3, 0.4) is 0 Å². The molecule has 2 saturated heterocycles. The number of esters is 4. The quantitative estimate of drug-likeness (QED) is 0.249. The molecule has 0 radical (unpaired) electrons. The minimum Gasteiger partial charge on any atom is -0.472 e. The molecule has 1 aromatic rings. The summed E-state index contributed by atoms with van der Waals surface area (Å²) in [6.45, 7) is 11.7. The lowest BCUT2D eigenvalue weighted by Gasteiger charge is -2.73. The van der Waals surface area contributed by atoms with Crippen LogP contribution in [0.25, 0.3) is 0 Å². The molecule has 1 aromatic heterocycles. The highest BCUT2D eigenvalue weighted by Gasteiger charge is 2.93. The van der Waals surface area contributed by atoms with E-state index in [0.717, 1.165) is 19.4 Å². The van der Waals surface area contributed by atoms with E-state index in [1.54, 1.807) is 40.0 Å². The molecule has 14 heteroatoms. The van der Waals surface area contributed by atoms with Crippen molar-refractivity contribution in [3.63, 3.8) is 0 Å². The van der Waals surface area contributed by atoms with E-state index in [4.69, 9.17) is 32.8 Å². The van der Waals surface area contributed by atoms with E-state index in [9.17, 15) is 29.4 Å². The first kappa shape index (κ1) is 35.1. The largest absolute Gasteiger partial charge is 0.472 e. The second-order valence-electron chi connectivity index (χ2n) is 16.1. The summed E-state index contributed by atoms with van der Waals surface area (Å²) in [5.74, 6) is -6.59. The SMILES string of the molecule is CC(=O)O[C@@H]1[C@@H](OC(C)=O)[C@]2(C)[C@H](OC(=O)C(C)C)OC[C@]3([C@H]4C(=O)[C@H](OC(C)=O)[C@@]5(C)[C@H](c6ccoc6)C[C@H]6O[C@]65[C@]4(C)[C@@H](O)C[C@@H]23)[C@H]1O. The highest BCUT2D eigenvalue weighted by Crippen LogP contribution is 2.83. The zero-order valence-corrected chi connectivity index (χ0v) is 29.5. The predicted molar refractivity (Wildman–Crippen MR) is 166 cm³/mol. The summed E-state index contributed by atoms with van der Waals surface area (Å²) in [4.78, 5) is 66.7. The summed E-state index contributed by atoms with van der Waals surface area (Å²) in [6.07, 6.45) is -5.64. The minimum absolute atomic E-state index is 0.0556. The van der Waals surface area contributed by atoms with Crippen LogP contribution < -0.4 is 0 Å². The molecule has 4 aliphatic carbocycles. The van der Waals surface area contributed by atoms with Gasteiger partial charge in [0.1, 0.15) is 11.7 Å². The average molecular weight is 703 g/mol. The molecular weight excluding hydrogens is 656 g/mol. The van der Waals surface area contributed by atoms with Gasteiger partial charge in [-0.05, 0) is 37.3 Å². The average Bonchev–Trinajstić information content (AvgIpc) is 3.38. The van der Waals surface area contributed by atoms with Crippen LogP contribution in [0.15, 0.2) is 23.0 Å². The van der Waals surface area contributed by atoms with Crippen molar-refractivity contribution in [1.82, 2.24) is 0 Å². The molecule has 4 saturated carbocycles. The number of ether oxygens (including phenoxy) is 6. The summed E-state index contributed by atoms with van der Waals surface area (Å²) < 4.78 is 42.0. The van der Waals surface area contributed by atoms with Gasteiger partial charge in [-0.25, -0.2) is 0 Å². The fourth-order valence-electron chi connectivity index (χ4n) is 11.7. The van der Waals surface area contributed by atoms with E-state index in [-0.39, 0.29) is 18.9 Å². The molecule has 2 N–H and O–H groups in total. The van der Waals surface area contributed by atoms with Crippen LogP contribution in [0.4, 0.5) is 0 Å². The first-order chi connectivity index (χ1) is 23.3. The summed E-state index contributed by atoms with van der Waals surface area (Å²) in [6, 6.07) is 1.80. The lowest BCUT2D eigenvalue weighted by Crippen LogP contribution is -2.84. The van der Waals surface area contributed by atoms with Crippen molar-refractivity contribution >= 4 is 29.7 Å². The van der Waals surface area contributed by atoms with Crippen LogP contribution in [0.1, 0.15) is 79.7 Å². The van der Waals surface area contributed by atoms with E-state index in [1.807, 2.05) is 6.92 Å². The lowest BCUT2D eigenvalue weighted by molar-refractivity contribution is -0.391. The molecule has 0 amide bonds. The highest BCUT2D eigenvalue weighted by atomic mass is 16.7. The molecule has 15 atom stereocenters. The first-order valence-corrected chi connectivity index (χ1v) is 17.3. The van der Waals surface area contributed by atoms with Crippen molar-refractivity contribution in [3.05, 3.63) is 24.2 Å². The van der Waals surface area contributed by atoms with Gasteiger partial charge in [0.15, 0.2) is 24.1 Å². The summed E-state index contributed by atoms with van der Waals surface area (Å²) >= 11 is 0. The molecule has 274 valence electrons. The Hall–Kier alpha value is -3.33. The Labute approximate surface area is 289 Å². The fourth-order valence-corrected chi connectivity index (χ4v) is 11.7. The predicted octanol–water partition coefficient (Wildman–Crippen LogP) is 2.21. The number of Topliss-reactive ketones (excluding diaryl/α,β-unsaturated/α-hetero) is 1. The number of aliphatic hydroxyl groups is 2. The number of carbonyl (C=O) groups excluding carboxylic acids is 5. The zero-order valence-electron chi connectivity index (χ0n) is 29.5. The first-order valence-electron chi connectivity index (χ1n) is 17.3. The molecule has 1 spiro atoms. The van der Waals surface area contributed by atoms with Crippen molar-refractivity contribution in [2.45, 2.75) is 123 Å². The number of fused-ring (bicyclic) bond motifs is 1. The van der Waals surface area contributed by atoms with Gasteiger partial charge in [0.2, 0.25) is 6.29 Å². The van der Waals surface area contributed by atoms with Crippen molar-refractivity contribution in [3.8, 4) is 0 Å². The normalized spacial score (nSPS) is 48.3. The van der Waals surface area contributed by atoms with Crippen LogP contribution >= 0.6 is 0 Å². The van der Waals surface area contributed by atoms with Gasteiger partial charge in [0.25, 0.3) is 0 Å². The molecule has 0 unspecified atom stereocenters. The maximum absolute atomic E-state index is 15.5. The van der Waals surface area contributed by atoms with Crippen LogP contribution in [0.5, 0.6) is 0 Å². The second kappa shape index (κ2) is 11.1. The Morgan fingerprint density at radius 3 is 2.16 bits per heavy atom. The smallest absolute Gasteiger partial charge is 0.310 e. The van der Waals surface area contributed by atoms with Crippen LogP contribution in [0, 0.1) is 39.4 Å². The van der Waals surface area contributed by atoms with Crippen molar-refractivity contribution in [1.29, 1.82) is 0 Å². The Morgan fingerprint density at radius 2 is 1.58 bits per heavy atom. The Morgan fingerprint density at radius 1 is 0.920 bits per heavy atom. The topological polar surface area (TPSA) is 198 Å². The number of hydrogen-bond donors (Lipinski definition) is 2. The Bertz CT molecular complexity index is 1620. The third-order valence-electron chi connectivity index (χ3n) is 13.6. The zero-order chi connectivity index (χ0) is 36.5. The highest BCUT2D eigenvalue weighted by molar-refractivity contribution is 5.93. The minimum atomic E-state index is -1.70. The molecule has 7 rings (SSSR count). The van der Waals surface area contributed by atoms with E-state index in [2.05, 4.69) is 0 Å². The molecule has 50 heavy (non-hydrogen) atoms. The van der Waals surface area contributed by atoms with Gasteiger partial charge >= 0.3 is 23.9 Å². The molecule has 14 nitrogen and oxygen atoms in total. The third kappa shape index (κ3) is 4.07. The standard InChI is InChI=1S/C36H46O14/c1-15(2)30(43)49-31-32(6)21-12-22(40)34(8)26(35(21,14-45-31)27(42)25(46-16(3)37)29(32)48-18(5)39)24(41)28(47-17(4)38)33(7)20(19-9-10-44-13-19)11-23-36(33,34)50-23/h9-10,13,15,20-23,25-29,31,40,42H,11-12,14H2,1-8H3/t20-,21-,22-,23+,25-,26-,27-,28-,29+,31-,32+,33+,34+,35-,36+/m0/s1. The van der Waals surface area contributed by atoms with E-state index >= 15 is 4.79 Å². The Kier molecular flexibility index (Phi) is 7.78. The maximum Gasteiger partial charge on any atom is 0.310 e. The summed E-state index contributed by atoms with van der Waals surface area (Å²) in [7, 11) is 0. The van der Waals surface area contributed by atoms with Crippen LogP contribution in [-0.2, 0) is 52.4 Å². The molecule has 6 aliphatic rings. The van der Waals surface area contributed by atoms with Crippen LogP contribution in [-0.4, -0.2) is 95.0 Å². The van der Waals surface area contributed by atoms with E-state index in [1.165, 1.54) is 13.2 Å². The molecule has 0 aromatic carbocycles. The maximum atomic E-state index is 15.5. The number of epoxide rings is 1. The number of rotatable bonds is 6. The van der Waals surface area contributed by atoms with Crippen LogP contribution in [0.2, 0.25) is 0 Å². The van der Waals surface area contributed by atoms with Gasteiger partial charge in [-0.15, -0.1) is 0 Å². The van der Waals surface area contributed by atoms with Gasteiger partial charge < -0.3 is 43.1 Å². The molecule has 3 heterocycles. The number of aliphatic hydroxyl groups excluding tert-OH is 2. The monoisotopic (exact) mass is 702 g/mol. The van der Waals surface area contributed by atoms with Gasteiger partial charge in [-0.3, -0.25) is 24.0 Å². The van der Waals surface area contributed by atoms with E-state index < -0.39 is 118 Å². The van der Waals surface area contributed by atoms with Gasteiger partial charge in [0, 0.05) is 43.4 Å². The van der Waals surface area contributed by atoms with Crippen molar-refractivity contribution in [2.75, 3.05) is 6.61 Å². The summed E-state index contributed by atoms with van der Waals surface area (Å²) in [5, 5.41) is 25.2. The molecule has 2 aliphatic heterocycles. The molecule has 2 bridgehead atoms. The fraction of sp³-hybridized carbons (Fsp3) is 0.750. The number of carbonyl (C=O) groups is 5. The number of furan rings is 1.